The van der Waals surface area contributed by atoms with Crippen LogP contribution < -0.4 is 20.1 Å². The van der Waals surface area contributed by atoms with Crippen LogP contribution in [0.5, 0.6) is 11.5 Å². The minimum absolute atomic E-state index is 0.0521. The first-order chi connectivity index (χ1) is 9.21. The molecule has 0 heterocycles. The molecular formula is C14H20N2O3. The molecule has 5 heteroatoms. The van der Waals surface area contributed by atoms with Gasteiger partial charge in [0.25, 0.3) is 0 Å². The van der Waals surface area contributed by atoms with Gasteiger partial charge in [0.05, 0.1) is 14.2 Å². The molecule has 1 amide bonds. The second-order valence-corrected chi connectivity index (χ2v) is 3.86. The van der Waals surface area contributed by atoms with E-state index in [1.807, 2.05) is 0 Å². The van der Waals surface area contributed by atoms with Crippen molar-refractivity contribution in [3.05, 3.63) is 30.9 Å². The minimum Gasteiger partial charge on any atom is -0.493 e. The number of nitrogens with one attached hydrogen (secondary N) is 2. The van der Waals surface area contributed by atoms with E-state index in [2.05, 4.69) is 17.2 Å². The molecular weight excluding hydrogens is 244 g/mol. The first-order valence-electron chi connectivity index (χ1n) is 6.04. The van der Waals surface area contributed by atoms with Crippen molar-refractivity contribution in [1.82, 2.24) is 5.32 Å². The lowest BCUT2D eigenvalue weighted by Gasteiger charge is -2.10. The van der Waals surface area contributed by atoms with Crippen LogP contribution in [0.3, 0.4) is 0 Å². The Hall–Kier alpha value is -2.01. The fourth-order valence-corrected chi connectivity index (χ4v) is 1.54. The number of amides is 1. The van der Waals surface area contributed by atoms with Crippen molar-refractivity contribution in [3.63, 3.8) is 0 Å². The number of rotatable bonds is 8. The lowest BCUT2D eigenvalue weighted by molar-refractivity contribution is -0.116. The number of hydrogen-bond acceptors (Lipinski definition) is 4. The molecule has 0 aliphatic heterocycles. The van der Waals surface area contributed by atoms with Crippen LogP contribution in [0.1, 0.15) is 6.42 Å². The molecule has 0 aromatic heterocycles. The standard InChI is InChI=1S/C14H20N2O3/c1-4-8-15-9-7-14(17)16-11-5-6-12(18-2)13(10-11)19-3/h4-6,10,15H,1,7-9H2,2-3H3,(H,16,17). The van der Waals surface area contributed by atoms with E-state index in [0.29, 0.717) is 36.7 Å². The molecule has 1 rings (SSSR count). The number of benzene rings is 1. The van der Waals surface area contributed by atoms with E-state index in [9.17, 15) is 4.79 Å². The molecule has 0 fully saturated rings. The van der Waals surface area contributed by atoms with Crippen LogP contribution in [0.25, 0.3) is 0 Å². The summed E-state index contributed by atoms with van der Waals surface area (Å²) in [5.41, 5.74) is 0.686. The third-order valence-electron chi connectivity index (χ3n) is 2.48. The van der Waals surface area contributed by atoms with Gasteiger partial charge in [-0.2, -0.15) is 0 Å². The van der Waals surface area contributed by atoms with Gasteiger partial charge < -0.3 is 20.1 Å². The zero-order valence-electron chi connectivity index (χ0n) is 11.4. The summed E-state index contributed by atoms with van der Waals surface area (Å²) in [4.78, 5) is 11.7. The fourth-order valence-electron chi connectivity index (χ4n) is 1.54. The highest BCUT2D eigenvalue weighted by Crippen LogP contribution is 2.29. The van der Waals surface area contributed by atoms with Crippen molar-refractivity contribution in [2.45, 2.75) is 6.42 Å². The van der Waals surface area contributed by atoms with E-state index < -0.39 is 0 Å². The molecule has 1 aromatic rings. The van der Waals surface area contributed by atoms with Gasteiger partial charge in [-0.25, -0.2) is 0 Å². The average molecular weight is 264 g/mol. The summed E-state index contributed by atoms with van der Waals surface area (Å²) < 4.78 is 10.3. The second kappa shape index (κ2) is 8.16. The van der Waals surface area contributed by atoms with Gasteiger partial charge >= 0.3 is 0 Å². The number of carbonyl (C=O) groups is 1. The molecule has 0 atom stereocenters. The quantitative estimate of drug-likeness (QED) is 0.555. The molecule has 0 aliphatic rings. The van der Waals surface area contributed by atoms with Gasteiger partial charge in [-0.3, -0.25) is 4.79 Å². The SMILES string of the molecule is C=CCNCCC(=O)Nc1ccc(OC)c(OC)c1. The maximum atomic E-state index is 11.7. The normalized spacial score (nSPS) is 9.79. The van der Waals surface area contributed by atoms with Crippen LogP contribution >= 0.6 is 0 Å². The Morgan fingerprint density at radius 2 is 2.05 bits per heavy atom. The molecule has 0 saturated carbocycles. The van der Waals surface area contributed by atoms with Crippen molar-refractivity contribution in [2.75, 3.05) is 32.6 Å². The van der Waals surface area contributed by atoms with Crippen molar-refractivity contribution in [1.29, 1.82) is 0 Å². The second-order valence-electron chi connectivity index (χ2n) is 3.86. The third-order valence-corrected chi connectivity index (χ3v) is 2.48. The Morgan fingerprint density at radius 3 is 2.68 bits per heavy atom. The first-order valence-corrected chi connectivity index (χ1v) is 6.04. The van der Waals surface area contributed by atoms with Gasteiger partial charge in [0.2, 0.25) is 5.91 Å². The van der Waals surface area contributed by atoms with E-state index in [-0.39, 0.29) is 5.91 Å². The zero-order valence-corrected chi connectivity index (χ0v) is 11.4. The summed E-state index contributed by atoms with van der Waals surface area (Å²) in [7, 11) is 3.13. The van der Waals surface area contributed by atoms with Crippen LogP contribution in [-0.2, 0) is 4.79 Å². The van der Waals surface area contributed by atoms with Gasteiger partial charge in [0.15, 0.2) is 11.5 Å². The van der Waals surface area contributed by atoms with Gasteiger partial charge in [-0.05, 0) is 12.1 Å². The van der Waals surface area contributed by atoms with Crippen molar-refractivity contribution < 1.29 is 14.3 Å². The maximum Gasteiger partial charge on any atom is 0.225 e. The van der Waals surface area contributed by atoms with Crippen LogP contribution in [-0.4, -0.2) is 33.2 Å². The lowest BCUT2D eigenvalue weighted by atomic mass is 10.2. The summed E-state index contributed by atoms with van der Waals surface area (Å²) in [5, 5.41) is 5.87. The average Bonchev–Trinajstić information content (AvgIpc) is 2.43. The van der Waals surface area contributed by atoms with Crippen LogP contribution in [0.4, 0.5) is 5.69 Å². The molecule has 0 spiro atoms. The first kappa shape index (κ1) is 15.0. The molecule has 5 nitrogen and oxygen atoms in total. The molecule has 0 aliphatic carbocycles. The van der Waals surface area contributed by atoms with E-state index in [1.165, 1.54) is 0 Å². The van der Waals surface area contributed by atoms with E-state index in [1.54, 1.807) is 38.5 Å². The van der Waals surface area contributed by atoms with Crippen molar-refractivity contribution >= 4 is 11.6 Å². The Balaban J connectivity index is 2.52. The minimum atomic E-state index is -0.0521. The van der Waals surface area contributed by atoms with Gasteiger partial charge in [-0.1, -0.05) is 6.08 Å². The summed E-state index contributed by atoms with van der Waals surface area (Å²) in [5.74, 6) is 1.17. The Morgan fingerprint density at radius 1 is 1.32 bits per heavy atom. The number of hydrogen-bond donors (Lipinski definition) is 2. The summed E-state index contributed by atoms with van der Waals surface area (Å²) in [6.07, 6.45) is 2.16. The smallest absolute Gasteiger partial charge is 0.225 e. The Bertz CT molecular complexity index is 433. The third kappa shape index (κ3) is 5.01. The number of methoxy groups -OCH3 is 2. The molecule has 1 aromatic carbocycles. The number of anilines is 1. The fraction of sp³-hybridized carbons (Fsp3) is 0.357. The highest BCUT2D eigenvalue weighted by Gasteiger charge is 2.07. The summed E-state index contributed by atoms with van der Waals surface area (Å²) in [6, 6.07) is 5.26. The molecule has 104 valence electrons. The molecule has 0 saturated heterocycles. The molecule has 0 unspecified atom stereocenters. The van der Waals surface area contributed by atoms with Crippen LogP contribution in [0.2, 0.25) is 0 Å². The summed E-state index contributed by atoms with van der Waals surface area (Å²) in [6.45, 7) is 4.91. The Labute approximate surface area is 113 Å². The molecule has 0 radical (unpaired) electrons. The van der Waals surface area contributed by atoms with E-state index >= 15 is 0 Å². The van der Waals surface area contributed by atoms with Gasteiger partial charge in [-0.15, -0.1) is 6.58 Å². The number of ether oxygens (including phenoxy) is 2. The van der Waals surface area contributed by atoms with E-state index in [0.717, 1.165) is 0 Å². The topological polar surface area (TPSA) is 59.6 Å². The highest BCUT2D eigenvalue weighted by molar-refractivity contribution is 5.91. The molecule has 0 bridgehead atoms. The molecule has 2 N–H and O–H groups in total. The predicted molar refractivity (Wildman–Crippen MR) is 75.9 cm³/mol. The lowest BCUT2D eigenvalue weighted by Crippen LogP contribution is -2.21. The van der Waals surface area contributed by atoms with E-state index in [4.69, 9.17) is 9.47 Å². The van der Waals surface area contributed by atoms with Crippen molar-refractivity contribution in [3.8, 4) is 11.5 Å². The molecule has 19 heavy (non-hydrogen) atoms. The van der Waals surface area contributed by atoms with Crippen molar-refractivity contribution in [2.24, 2.45) is 0 Å². The monoisotopic (exact) mass is 264 g/mol. The highest BCUT2D eigenvalue weighted by atomic mass is 16.5. The summed E-state index contributed by atoms with van der Waals surface area (Å²) >= 11 is 0. The largest absolute Gasteiger partial charge is 0.493 e. The van der Waals surface area contributed by atoms with Crippen LogP contribution in [0, 0.1) is 0 Å². The predicted octanol–water partition coefficient (Wildman–Crippen LogP) is 1.81. The van der Waals surface area contributed by atoms with Crippen LogP contribution in [0.15, 0.2) is 30.9 Å². The van der Waals surface area contributed by atoms with Gasteiger partial charge in [0, 0.05) is 31.3 Å². The number of carbonyl (C=O) groups excluding carboxylic acids is 1. The Kier molecular flexibility index (Phi) is 6.46. The zero-order chi connectivity index (χ0) is 14.1. The van der Waals surface area contributed by atoms with Gasteiger partial charge in [0.1, 0.15) is 0 Å². The maximum absolute atomic E-state index is 11.7.